The van der Waals surface area contributed by atoms with Gasteiger partial charge in [0.2, 0.25) is 0 Å². The highest BCUT2D eigenvalue weighted by Crippen LogP contribution is 2.23. The number of aromatic nitrogens is 1. The molecule has 0 spiro atoms. The minimum atomic E-state index is -1.18. The number of guanidine groups is 1. The minimum absolute atomic E-state index is 0. The zero-order chi connectivity index (χ0) is 20.1. The molecule has 4 N–H and O–H groups in total. The summed E-state index contributed by atoms with van der Waals surface area (Å²) in [5.74, 6) is 1.62. The molecule has 0 saturated heterocycles. The van der Waals surface area contributed by atoms with Gasteiger partial charge in [0.25, 0.3) is 0 Å². The number of furan rings is 1. The molecule has 1 aromatic carbocycles. The molecule has 0 amide bonds. The summed E-state index contributed by atoms with van der Waals surface area (Å²) in [6.45, 7) is 7.04. The Labute approximate surface area is 187 Å². The third-order valence-corrected chi connectivity index (χ3v) is 4.58. The fourth-order valence-corrected chi connectivity index (χ4v) is 3.06. The molecule has 29 heavy (non-hydrogen) atoms. The molecule has 3 rings (SSSR count). The molecule has 0 aliphatic carbocycles. The van der Waals surface area contributed by atoms with Crippen LogP contribution in [0.4, 0.5) is 4.39 Å². The first-order chi connectivity index (χ1) is 13.4. The van der Waals surface area contributed by atoms with Crippen molar-refractivity contribution in [3.05, 3.63) is 59.4 Å². The number of rotatable bonds is 7. The molecule has 0 saturated carbocycles. The van der Waals surface area contributed by atoms with E-state index in [1.54, 1.807) is 19.1 Å². The number of benzene rings is 1. The van der Waals surface area contributed by atoms with Crippen molar-refractivity contribution in [2.24, 2.45) is 4.99 Å². The van der Waals surface area contributed by atoms with Crippen LogP contribution in [-0.4, -0.2) is 35.7 Å². The van der Waals surface area contributed by atoms with Crippen molar-refractivity contribution in [3.8, 4) is 0 Å². The van der Waals surface area contributed by atoms with Gasteiger partial charge in [0, 0.05) is 30.2 Å². The predicted octanol–water partition coefficient (Wildman–Crippen LogP) is 3.83. The zero-order valence-corrected chi connectivity index (χ0v) is 19.2. The van der Waals surface area contributed by atoms with E-state index in [0.717, 1.165) is 28.6 Å². The number of aliphatic imine (C=N–C) groups is 1. The molecule has 6 nitrogen and oxygen atoms in total. The van der Waals surface area contributed by atoms with Gasteiger partial charge in [-0.05, 0) is 63.1 Å². The Balaban J connectivity index is 0.00000300. The maximum atomic E-state index is 13.3. The summed E-state index contributed by atoms with van der Waals surface area (Å²) in [4.78, 5) is 7.59. The second-order valence-corrected chi connectivity index (χ2v) is 7.06. The molecule has 2 aromatic heterocycles. The van der Waals surface area contributed by atoms with Crippen molar-refractivity contribution in [2.75, 3.05) is 19.6 Å². The van der Waals surface area contributed by atoms with Gasteiger partial charge in [0.05, 0.1) is 6.54 Å². The summed E-state index contributed by atoms with van der Waals surface area (Å²) in [6.07, 6.45) is 2.66. The topological polar surface area (TPSA) is 85.6 Å². The quantitative estimate of drug-likeness (QED) is 0.219. The van der Waals surface area contributed by atoms with E-state index in [9.17, 15) is 9.50 Å². The average molecular weight is 514 g/mol. The van der Waals surface area contributed by atoms with Crippen molar-refractivity contribution in [1.29, 1.82) is 0 Å². The summed E-state index contributed by atoms with van der Waals surface area (Å²) >= 11 is 0. The average Bonchev–Trinajstić information content (AvgIpc) is 3.26. The number of nitrogens with one attached hydrogen (secondary N) is 3. The lowest BCUT2D eigenvalue weighted by Gasteiger charge is -2.19. The molecular formula is C21H28FIN4O2. The Morgan fingerprint density at radius 1 is 1.28 bits per heavy atom. The van der Waals surface area contributed by atoms with Crippen LogP contribution >= 0.6 is 24.0 Å². The van der Waals surface area contributed by atoms with E-state index in [4.69, 9.17) is 4.42 Å². The van der Waals surface area contributed by atoms with Crippen molar-refractivity contribution in [2.45, 2.75) is 32.8 Å². The smallest absolute Gasteiger partial charge is 0.191 e. The number of halogens is 2. The largest absolute Gasteiger partial charge is 0.463 e. The highest BCUT2D eigenvalue weighted by atomic mass is 127. The SMILES string of the molecule is CCNC(=NCC(C)(O)c1ccc(C)o1)NCCc1c[nH]c2cc(F)ccc12.I. The van der Waals surface area contributed by atoms with E-state index < -0.39 is 5.60 Å². The normalized spacial score (nSPS) is 13.8. The number of hydrogen-bond donors (Lipinski definition) is 4. The monoisotopic (exact) mass is 514 g/mol. The third-order valence-electron chi connectivity index (χ3n) is 4.58. The Morgan fingerprint density at radius 3 is 2.76 bits per heavy atom. The molecule has 3 aromatic rings. The molecule has 8 heteroatoms. The summed E-state index contributed by atoms with van der Waals surface area (Å²) in [5, 5.41) is 18.1. The lowest BCUT2D eigenvalue weighted by molar-refractivity contribution is 0.0428. The van der Waals surface area contributed by atoms with Crippen LogP contribution in [0.5, 0.6) is 0 Å². The number of aliphatic hydroxyl groups is 1. The van der Waals surface area contributed by atoms with Gasteiger partial charge in [-0.1, -0.05) is 0 Å². The number of aryl methyl sites for hydroxylation is 1. The molecule has 0 bridgehead atoms. The Bertz CT molecular complexity index is 965. The Morgan fingerprint density at radius 2 is 2.07 bits per heavy atom. The molecular weight excluding hydrogens is 486 g/mol. The summed E-state index contributed by atoms with van der Waals surface area (Å²) in [7, 11) is 0. The predicted molar refractivity (Wildman–Crippen MR) is 124 cm³/mol. The van der Waals surface area contributed by atoms with Crippen LogP contribution in [0.3, 0.4) is 0 Å². The van der Waals surface area contributed by atoms with E-state index in [1.807, 2.05) is 26.1 Å². The van der Waals surface area contributed by atoms with Crippen molar-refractivity contribution < 1.29 is 13.9 Å². The van der Waals surface area contributed by atoms with Gasteiger partial charge in [-0.25, -0.2) is 9.38 Å². The lowest BCUT2D eigenvalue weighted by atomic mass is 10.0. The summed E-state index contributed by atoms with van der Waals surface area (Å²) in [6, 6.07) is 8.35. The summed E-state index contributed by atoms with van der Waals surface area (Å²) in [5.41, 5.74) is 0.717. The van der Waals surface area contributed by atoms with Gasteiger partial charge in [-0.3, -0.25) is 0 Å². The summed E-state index contributed by atoms with van der Waals surface area (Å²) < 4.78 is 18.8. The first-order valence-electron chi connectivity index (χ1n) is 9.46. The van der Waals surface area contributed by atoms with E-state index >= 15 is 0 Å². The first-order valence-corrected chi connectivity index (χ1v) is 9.46. The van der Waals surface area contributed by atoms with Crippen LogP contribution in [0, 0.1) is 12.7 Å². The zero-order valence-electron chi connectivity index (χ0n) is 16.9. The molecule has 0 radical (unpaired) electrons. The van der Waals surface area contributed by atoms with Crippen molar-refractivity contribution in [3.63, 3.8) is 0 Å². The van der Waals surface area contributed by atoms with Crippen molar-refractivity contribution >= 4 is 40.8 Å². The standard InChI is InChI=1S/C21H27FN4O2.HI/c1-4-23-20(26-13-21(3,27)19-8-5-14(2)28-19)24-10-9-15-12-25-18-11-16(22)6-7-17(15)18;/h5-8,11-12,25,27H,4,9-10,13H2,1-3H3,(H2,23,24,26);1H. The van der Waals surface area contributed by atoms with Crippen LogP contribution in [0.1, 0.15) is 30.9 Å². The van der Waals surface area contributed by atoms with Gasteiger partial charge in [-0.2, -0.15) is 0 Å². The van der Waals surface area contributed by atoms with Gasteiger partial charge >= 0.3 is 0 Å². The Hall–Kier alpha value is -2.07. The fraction of sp³-hybridized carbons (Fsp3) is 0.381. The van der Waals surface area contributed by atoms with Crippen LogP contribution < -0.4 is 10.6 Å². The molecule has 1 atom stereocenters. The van der Waals surface area contributed by atoms with Crippen LogP contribution in [0.2, 0.25) is 0 Å². The number of H-pyrrole nitrogens is 1. The number of aromatic amines is 1. The van der Waals surface area contributed by atoms with E-state index in [0.29, 0.717) is 24.8 Å². The molecule has 1 unspecified atom stereocenters. The van der Waals surface area contributed by atoms with Crippen LogP contribution in [0.15, 0.2) is 45.9 Å². The molecule has 2 heterocycles. The van der Waals surface area contributed by atoms with E-state index in [2.05, 4.69) is 20.6 Å². The fourth-order valence-electron chi connectivity index (χ4n) is 3.06. The highest BCUT2D eigenvalue weighted by Gasteiger charge is 2.26. The van der Waals surface area contributed by atoms with E-state index in [-0.39, 0.29) is 36.3 Å². The highest BCUT2D eigenvalue weighted by molar-refractivity contribution is 14.0. The van der Waals surface area contributed by atoms with Gasteiger partial charge < -0.3 is 25.1 Å². The second-order valence-electron chi connectivity index (χ2n) is 7.06. The van der Waals surface area contributed by atoms with Gasteiger partial charge in [0.15, 0.2) is 5.96 Å². The van der Waals surface area contributed by atoms with Gasteiger partial charge in [-0.15, -0.1) is 24.0 Å². The molecule has 158 valence electrons. The Kier molecular flexibility index (Phi) is 8.09. The number of hydrogen-bond acceptors (Lipinski definition) is 3. The third kappa shape index (κ3) is 5.96. The maximum absolute atomic E-state index is 13.3. The van der Waals surface area contributed by atoms with Crippen LogP contribution in [-0.2, 0) is 12.0 Å². The number of nitrogens with zero attached hydrogens (tertiary/aromatic N) is 1. The minimum Gasteiger partial charge on any atom is -0.463 e. The molecule has 0 aliphatic heterocycles. The lowest BCUT2D eigenvalue weighted by Crippen LogP contribution is -2.39. The molecule has 0 fully saturated rings. The molecule has 0 aliphatic rings. The van der Waals surface area contributed by atoms with Crippen molar-refractivity contribution in [1.82, 2.24) is 15.6 Å². The first kappa shape index (κ1) is 23.2. The number of fused-ring (bicyclic) bond motifs is 1. The van der Waals surface area contributed by atoms with E-state index in [1.165, 1.54) is 12.1 Å². The maximum Gasteiger partial charge on any atom is 0.191 e. The van der Waals surface area contributed by atoms with Gasteiger partial charge in [0.1, 0.15) is 22.9 Å². The second kappa shape index (κ2) is 10.1. The van der Waals surface area contributed by atoms with Crippen LogP contribution in [0.25, 0.3) is 10.9 Å².